The van der Waals surface area contributed by atoms with Gasteiger partial charge in [-0.1, -0.05) is 19.1 Å². The Morgan fingerprint density at radius 2 is 1.73 bits per heavy atom. The van der Waals surface area contributed by atoms with Crippen LogP contribution in [0.1, 0.15) is 63.9 Å². The van der Waals surface area contributed by atoms with Crippen molar-refractivity contribution < 1.29 is 33.4 Å². The van der Waals surface area contributed by atoms with Crippen LogP contribution in [0.5, 0.6) is 5.75 Å². The summed E-state index contributed by atoms with van der Waals surface area (Å²) >= 11 is 0. The van der Waals surface area contributed by atoms with Crippen LogP contribution in [0.15, 0.2) is 24.3 Å². The van der Waals surface area contributed by atoms with Gasteiger partial charge >= 0.3 is 11.9 Å². The number of benzene rings is 1. The van der Waals surface area contributed by atoms with E-state index in [1.54, 1.807) is 6.92 Å². The third kappa shape index (κ3) is 5.19. The second kappa shape index (κ2) is 9.60. The summed E-state index contributed by atoms with van der Waals surface area (Å²) < 4.78 is 12.1. The van der Waals surface area contributed by atoms with Crippen molar-refractivity contribution in [1.82, 2.24) is 0 Å². The Balaban J connectivity index is 1.62. The number of rotatable bonds is 9. The lowest BCUT2D eigenvalue weighted by Gasteiger charge is -2.47. The molecule has 0 spiro atoms. The molecule has 1 aromatic rings. The Kier molecular flexibility index (Phi) is 7.13. The van der Waals surface area contributed by atoms with E-state index in [-0.39, 0.29) is 37.3 Å². The molecule has 0 radical (unpaired) electrons. The van der Waals surface area contributed by atoms with Gasteiger partial charge in [-0.05, 0) is 25.0 Å². The number of nitrogens with zero attached hydrogens (tertiary/aromatic N) is 1. The van der Waals surface area contributed by atoms with Crippen molar-refractivity contribution in [1.29, 1.82) is 0 Å². The zero-order valence-corrected chi connectivity index (χ0v) is 17.8. The molecule has 4 atom stereocenters. The SMILES string of the molecule is CCC(=O)Oc1ccccc1C[N+]1(C)[C@@H]2CC[C@H]1CC(OC(=O)CCCC(=O)[O-])C2. The molecule has 0 aliphatic carbocycles. The number of fused-ring (bicyclic) bond motifs is 2. The number of hydrogen-bond donors (Lipinski definition) is 0. The molecule has 7 nitrogen and oxygen atoms in total. The molecular formula is C23H31NO6. The fourth-order valence-corrected chi connectivity index (χ4v) is 4.97. The molecular weight excluding hydrogens is 386 g/mol. The van der Waals surface area contributed by atoms with Gasteiger partial charge in [-0.3, -0.25) is 9.59 Å². The molecule has 30 heavy (non-hydrogen) atoms. The minimum absolute atomic E-state index is 0.113. The van der Waals surface area contributed by atoms with Crippen LogP contribution in [0.2, 0.25) is 0 Å². The summed E-state index contributed by atoms with van der Waals surface area (Å²) in [6, 6.07) is 8.46. The van der Waals surface area contributed by atoms with E-state index in [9.17, 15) is 19.5 Å². The number of esters is 2. The molecule has 2 bridgehead atoms. The molecule has 2 saturated heterocycles. The number of carboxylic acid groups (broad SMARTS) is 1. The van der Waals surface area contributed by atoms with E-state index in [4.69, 9.17) is 9.47 Å². The van der Waals surface area contributed by atoms with E-state index in [0.717, 1.165) is 42.3 Å². The van der Waals surface area contributed by atoms with Crippen LogP contribution in [0.4, 0.5) is 0 Å². The van der Waals surface area contributed by atoms with Crippen LogP contribution >= 0.6 is 0 Å². The largest absolute Gasteiger partial charge is 0.550 e. The number of quaternary nitrogens is 1. The van der Waals surface area contributed by atoms with E-state index >= 15 is 0 Å². The van der Waals surface area contributed by atoms with Crippen LogP contribution in [0.25, 0.3) is 0 Å². The van der Waals surface area contributed by atoms with Gasteiger partial charge in [0.25, 0.3) is 0 Å². The molecule has 0 amide bonds. The van der Waals surface area contributed by atoms with E-state index in [1.165, 1.54) is 0 Å². The fourth-order valence-electron chi connectivity index (χ4n) is 4.97. The zero-order valence-electron chi connectivity index (χ0n) is 17.8. The van der Waals surface area contributed by atoms with Gasteiger partial charge in [-0.25, -0.2) is 0 Å². The van der Waals surface area contributed by atoms with Crippen molar-refractivity contribution in [3.63, 3.8) is 0 Å². The van der Waals surface area contributed by atoms with Gasteiger partial charge in [0.1, 0.15) is 18.4 Å². The van der Waals surface area contributed by atoms with Crippen LogP contribution < -0.4 is 9.84 Å². The Morgan fingerprint density at radius 3 is 2.37 bits per heavy atom. The summed E-state index contributed by atoms with van der Waals surface area (Å²) in [6.07, 6.45) is 4.23. The molecule has 0 N–H and O–H groups in total. The zero-order chi connectivity index (χ0) is 21.7. The molecule has 2 aliphatic rings. The summed E-state index contributed by atoms with van der Waals surface area (Å²) in [5, 5.41) is 10.5. The van der Waals surface area contributed by atoms with Crippen LogP contribution in [0.3, 0.4) is 0 Å². The van der Waals surface area contributed by atoms with E-state index in [0.29, 0.717) is 24.3 Å². The van der Waals surface area contributed by atoms with Gasteiger partial charge in [-0.2, -0.15) is 0 Å². The first-order chi connectivity index (χ1) is 14.3. The Bertz CT molecular complexity index is 778. The highest BCUT2D eigenvalue weighted by Gasteiger charge is 2.52. The van der Waals surface area contributed by atoms with E-state index < -0.39 is 5.97 Å². The molecule has 7 heteroatoms. The smallest absolute Gasteiger partial charge is 0.310 e. The molecule has 1 aromatic carbocycles. The maximum absolute atomic E-state index is 12.1. The summed E-state index contributed by atoms with van der Waals surface area (Å²) in [5.41, 5.74) is 1.02. The average Bonchev–Trinajstić information content (AvgIpc) is 2.86. The molecule has 0 aromatic heterocycles. The predicted octanol–water partition coefficient (Wildman–Crippen LogP) is 2.11. The molecule has 3 rings (SSSR count). The third-order valence-electron chi connectivity index (χ3n) is 6.63. The molecule has 2 unspecified atom stereocenters. The molecule has 0 saturated carbocycles. The maximum atomic E-state index is 12.1. The summed E-state index contributed by atoms with van der Waals surface area (Å²) in [4.78, 5) is 34.4. The minimum atomic E-state index is -1.14. The number of aliphatic carboxylic acids is 1. The average molecular weight is 418 g/mol. The molecule has 2 aliphatic heterocycles. The first-order valence-electron chi connectivity index (χ1n) is 10.8. The van der Waals surface area contributed by atoms with Crippen molar-refractivity contribution in [3.8, 4) is 5.75 Å². The number of carbonyl (C=O) groups excluding carboxylic acids is 3. The van der Waals surface area contributed by atoms with Gasteiger partial charge in [0.2, 0.25) is 0 Å². The maximum Gasteiger partial charge on any atom is 0.310 e. The lowest BCUT2D eigenvalue weighted by atomic mass is 9.95. The monoisotopic (exact) mass is 417 g/mol. The topological polar surface area (TPSA) is 92.7 Å². The number of piperidine rings is 1. The van der Waals surface area contributed by atoms with Crippen molar-refractivity contribution in [3.05, 3.63) is 29.8 Å². The first-order valence-corrected chi connectivity index (χ1v) is 10.8. The number of carbonyl (C=O) groups is 3. The lowest BCUT2D eigenvalue weighted by Crippen LogP contribution is -2.58. The number of carboxylic acids is 1. The molecule has 2 heterocycles. The second-order valence-electron chi connectivity index (χ2n) is 8.63. The Labute approximate surface area is 177 Å². The van der Waals surface area contributed by atoms with E-state index in [1.807, 2.05) is 24.3 Å². The predicted molar refractivity (Wildman–Crippen MR) is 107 cm³/mol. The normalized spacial score (nSPS) is 27.5. The van der Waals surface area contributed by atoms with Crippen LogP contribution in [-0.4, -0.2) is 47.6 Å². The molecule has 2 fully saturated rings. The first kappa shape index (κ1) is 22.3. The number of para-hydroxylation sites is 1. The standard InChI is InChI=1S/C23H31NO6/c1-3-22(27)30-20-8-5-4-7-16(20)15-24(2)17-11-12-18(24)14-19(13-17)29-23(28)10-6-9-21(25)26/h4-5,7-8,17-19H,3,6,9-15H2,1-2H3/t17-,18+,19?,24?. The number of hydrogen-bond acceptors (Lipinski definition) is 6. The molecule has 164 valence electrons. The quantitative estimate of drug-likeness (QED) is 0.347. The highest BCUT2D eigenvalue weighted by molar-refractivity contribution is 5.72. The highest BCUT2D eigenvalue weighted by atomic mass is 16.5. The third-order valence-corrected chi connectivity index (χ3v) is 6.63. The van der Waals surface area contributed by atoms with E-state index in [2.05, 4.69) is 7.05 Å². The van der Waals surface area contributed by atoms with Crippen molar-refractivity contribution in [2.75, 3.05) is 7.05 Å². The minimum Gasteiger partial charge on any atom is -0.550 e. The van der Waals surface area contributed by atoms with Gasteiger partial charge in [0.15, 0.2) is 0 Å². The Morgan fingerprint density at radius 1 is 1.07 bits per heavy atom. The van der Waals surface area contributed by atoms with Crippen LogP contribution in [-0.2, 0) is 25.7 Å². The van der Waals surface area contributed by atoms with Crippen LogP contribution in [0, 0.1) is 0 Å². The van der Waals surface area contributed by atoms with Crippen molar-refractivity contribution >= 4 is 17.9 Å². The highest BCUT2D eigenvalue weighted by Crippen LogP contribution is 2.44. The fraction of sp³-hybridized carbons (Fsp3) is 0.609. The number of ether oxygens (including phenoxy) is 2. The van der Waals surface area contributed by atoms with Crippen molar-refractivity contribution in [2.24, 2.45) is 0 Å². The van der Waals surface area contributed by atoms with Gasteiger partial charge in [0.05, 0.1) is 19.1 Å². The van der Waals surface area contributed by atoms with Gasteiger partial charge in [-0.15, -0.1) is 0 Å². The summed E-state index contributed by atoms with van der Waals surface area (Å²) in [7, 11) is 2.25. The Hall–Kier alpha value is -2.41. The second-order valence-corrected chi connectivity index (χ2v) is 8.63. The summed E-state index contributed by atoms with van der Waals surface area (Å²) in [5.74, 6) is -1.08. The van der Waals surface area contributed by atoms with Gasteiger partial charge in [0, 0.05) is 50.1 Å². The summed E-state index contributed by atoms with van der Waals surface area (Å²) in [6.45, 7) is 2.55. The lowest BCUT2D eigenvalue weighted by molar-refractivity contribution is -0.961. The van der Waals surface area contributed by atoms with Gasteiger partial charge < -0.3 is 23.9 Å². The van der Waals surface area contributed by atoms with Crippen molar-refractivity contribution in [2.45, 2.75) is 83.0 Å².